The summed E-state index contributed by atoms with van der Waals surface area (Å²) in [6.07, 6.45) is 4.59. The quantitative estimate of drug-likeness (QED) is 0.627. The molecule has 0 heterocycles. The van der Waals surface area contributed by atoms with Gasteiger partial charge < -0.3 is 4.74 Å². The topological polar surface area (TPSA) is 26.3 Å². The Morgan fingerprint density at radius 1 is 1.67 bits per heavy atom. The zero-order valence-corrected chi connectivity index (χ0v) is 7.76. The molecule has 0 bridgehead atoms. The van der Waals surface area contributed by atoms with Crippen molar-refractivity contribution in [3.05, 3.63) is 23.5 Å². The Bertz CT molecular complexity index is 249. The van der Waals surface area contributed by atoms with E-state index in [0.29, 0.717) is 0 Å². The zero-order valence-electron chi connectivity index (χ0n) is 7.76. The van der Waals surface area contributed by atoms with Crippen LogP contribution < -0.4 is 0 Å². The van der Waals surface area contributed by atoms with Gasteiger partial charge in [-0.25, -0.2) is 0 Å². The van der Waals surface area contributed by atoms with Crippen molar-refractivity contribution in [2.24, 2.45) is 5.92 Å². The summed E-state index contributed by atoms with van der Waals surface area (Å²) in [5.74, 6) is 1.18. The lowest BCUT2D eigenvalue weighted by Crippen LogP contribution is -2.12. The molecule has 0 aromatic carbocycles. The van der Waals surface area contributed by atoms with Gasteiger partial charge in [0.05, 0.1) is 7.11 Å². The summed E-state index contributed by atoms with van der Waals surface area (Å²) >= 11 is 0. The van der Waals surface area contributed by atoms with Crippen molar-refractivity contribution in [2.75, 3.05) is 7.11 Å². The fourth-order valence-corrected chi connectivity index (χ4v) is 1.37. The van der Waals surface area contributed by atoms with E-state index in [1.54, 1.807) is 14.0 Å². The van der Waals surface area contributed by atoms with Crippen molar-refractivity contribution < 1.29 is 9.53 Å². The summed E-state index contributed by atoms with van der Waals surface area (Å²) in [6.45, 7) is 3.62. The van der Waals surface area contributed by atoms with E-state index >= 15 is 0 Å². The number of hydrogen-bond acceptors (Lipinski definition) is 2. The van der Waals surface area contributed by atoms with Crippen LogP contribution in [0.1, 0.15) is 20.3 Å². The summed E-state index contributed by atoms with van der Waals surface area (Å²) < 4.78 is 5.11. The molecule has 0 radical (unpaired) electrons. The number of ketones is 1. The number of carbonyl (C=O) groups is 1. The third-order valence-electron chi connectivity index (χ3n) is 2.17. The van der Waals surface area contributed by atoms with Gasteiger partial charge in [0.1, 0.15) is 11.5 Å². The maximum Gasteiger partial charge on any atom is 0.136 e. The minimum absolute atomic E-state index is 0.0592. The van der Waals surface area contributed by atoms with E-state index in [2.05, 4.69) is 0 Å². The fraction of sp³-hybridized carbons (Fsp3) is 0.500. The minimum atomic E-state index is 0.0592. The summed E-state index contributed by atoms with van der Waals surface area (Å²) in [6, 6.07) is 0. The average Bonchev–Trinajstić information content (AvgIpc) is 2.04. The van der Waals surface area contributed by atoms with E-state index in [4.69, 9.17) is 4.74 Å². The second kappa shape index (κ2) is 3.57. The van der Waals surface area contributed by atoms with Gasteiger partial charge in [0.15, 0.2) is 0 Å². The molecule has 1 aliphatic carbocycles. The molecular weight excluding hydrogens is 152 g/mol. The van der Waals surface area contributed by atoms with Gasteiger partial charge in [-0.3, -0.25) is 4.79 Å². The molecule has 1 atom stereocenters. The van der Waals surface area contributed by atoms with Crippen LogP contribution in [0.5, 0.6) is 0 Å². The monoisotopic (exact) mass is 166 g/mol. The van der Waals surface area contributed by atoms with Gasteiger partial charge in [0, 0.05) is 5.92 Å². The van der Waals surface area contributed by atoms with Crippen molar-refractivity contribution in [1.82, 2.24) is 0 Å². The van der Waals surface area contributed by atoms with Crippen LogP contribution in [0.2, 0.25) is 0 Å². The summed E-state index contributed by atoms with van der Waals surface area (Å²) in [5.41, 5.74) is 1.15. The molecule has 0 fully saturated rings. The number of methoxy groups -OCH3 is 1. The third kappa shape index (κ3) is 1.76. The number of allylic oxidation sites excluding steroid dienone is 3. The Balaban J connectivity index is 2.74. The van der Waals surface area contributed by atoms with Crippen molar-refractivity contribution in [2.45, 2.75) is 20.3 Å². The highest BCUT2D eigenvalue weighted by molar-refractivity contribution is 5.80. The minimum Gasteiger partial charge on any atom is -0.497 e. The Hall–Kier alpha value is -1.05. The van der Waals surface area contributed by atoms with Gasteiger partial charge >= 0.3 is 0 Å². The van der Waals surface area contributed by atoms with Gasteiger partial charge in [-0.15, -0.1) is 0 Å². The summed E-state index contributed by atoms with van der Waals surface area (Å²) in [7, 11) is 1.65. The van der Waals surface area contributed by atoms with E-state index in [1.807, 2.05) is 19.1 Å². The van der Waals surface area contributed by atoms with Gasteiger partial charge in [0.2, 0.25) is 0 Å². The van der Waals surface area contributed by atoms with Crippen molar-refractivity contribution in [1.29, 1.82) is 0 Å². The highest BCUT2D eigenvalue weighted by atomic mass is 16.5. The summed E-state index contributed by atoms with van der Waals surface area (Å²) in [5, 5.41) is 0. The lowest BCUT2D eigenvalue weighted by Gasteiger charge is -2.16. The lowest BCUT2D eigenvalue weighted by molar-refractivity contribution is -0.119. The number of hydrogen-bond donors (Lipinski definition) is 0. The van der Waals surface area contributed by atoms with E-state index in [1.165, 1.54) is 0 Å². The van der Waals surface area contributed by atoms with Crippen LogP contribution in [0.3, 0.4) is 0 Å². The Morgan fingerprint density at radius 2 is 2.33 bits per heavy atom. The molecule has 1 aliphatic rings. The molecule has 12 heavy (non-hydrogen) atoms. The maximum atomic E-state index is 11.0. The van der Waals surface area contributed by atoms with Crippen LogP contribution in [0.4, 0.5) is 0 Å². The molecule has 66 valence electrons. The Kier molecular flexibility index (Phi) is 2.69. The molecule has 0 saturated carbocycles. The standard InChI is InChI=1S/C10H14O2/c1-7-6-9(8(2)11)4-5-10(7)12-3/h4-5,9H,6H2,1-3H3. The van der Waals surface area contributed by atoms with Crippen molar-refractivity contribution in [3.63, 3.8) is 0 Å². The van der Waals surface area contributed by atoms with Gasteiger partial charge in [-0.05, 0) is 31.9 Å². The molecule has 0 saturated heterocycles. The van der Waals surface area contributed by atoms with Crippen LogP contribution in [0, 0.1) is 5.92 Å². The fourth-order valence-electron chi connectivity index (χ4n) is 1.37. The van der Waals surface area contributed by atoms with Crippen LogP contribution in [0.15, 0.2) is 23.5 Å². The maximum absolute atomic E-state index is 11.0. The van der Waals surface area contributed by atoms with Crippen LogP contribution in [0.25, 0.3) is 0 Å². The molecule has 0 aliphatic heterocycles. The molecule has 2 heteroatoms. The molecule has 0 N–H and O–H groups in total. The molecule has 0 spiro atoms. The van der Waals surface area contributed by atoms with E-state index in [9.17, 15) is 4.79 Å². The molecule has 0 aromatic heterocycles. The molecular formula is C10H14O2. The van der Waals surface area contributed by atoms with Gasteiger partial charge in [-0.2, -0.15) is 0 Å². The second-order valence-electron chi connectivity index (χ2n) is 3.13. The van der Waals surface area contributed by atoms with Gasteiger partial charge in [-0.1, -0.05) is 6.08 Å². The average molecular weight is 166 g/mol. The number of carbonyl (C=O) groups excluding carboxylic acids is 1. The highest BCUT2D eigenvalue weighted by Crippen LogP contribution is 2.23. The van der Waals surface area contributed by atoms with Crippen LogP contribution in [-0.2, 0) is 9.53 Å². The summed E-state index contributed by atoms with van der Waals surface area (Å²) in [4.78, 5) is 11.0. The molecule has 0 amide bonds. The largest absolute Gasteiger partial charge is 0.497 e. The first-order valence-corrected chi connectivity index (χ1v) is 4.07. The number of rotatable bonds is 2. The predicted molar refractivity (Wildman–Crippen MR) is 47.6 cm³/mol. The van der Waals surface area contributed by atoms with Crippen LogP contribution in [-0.4, -0.2) is 12.9 Å². The number of Topliss-reactive ketones (excluding diaryl/α,β-unsaturated/α-hetero) is 1. The molecule has 2 nitrogen and oxygen atoms in total. The molecule has 1 rings (SSSR count). The van der Waals surface area contributed by atoms with E-state index in [0.717, 1.165) is 17.8 Å². The Morgan fingerprint density at radius 3 is 2.75 bits per heavy atom. The first kappa shape index (κ1) is 9.04. The zero-order chi connectivity index (χ0) is 9.14. The normalized spacial score (nSPS) is 22.8. The highest BCUT2D eigenvalue weighted by Gasteiger charge is 2.17. The van der Waals surface area contributed by atoms with Gasteiger partial charge in [0.25, 0.3) is 0 Å². The molecule has 0 aromatic rings. The first-order valence-electron chi connectivity index (χ1n) is 4.07. The van der Waals surface area contributed by atoms with E-state index < -0.39 is 0 Å². The number of ether oxygens (including phenoxy) is 1. The smallest absolute Gasteiger partial charge is 0.136 e. The Labute approximate surface area is 72.9 Å². The second-order valence-corrected chi connectivity index (χ2v) is 3.13. The van der Waals surface area contributed by atoms with E-state index in [-0.39, 0.29) is 11.7 Å². The molecule has 1 unspecified atom stereocenters. The SMILES string of the molecule is COC1=C(C)CC(C(C)=O)C=C1. The third-order valence-corrected chi connectivity index (χ3v) is 2.17. The predicted octanol–water partition coefficient (Wildman–Crippen LogP) is 2.07. The van der Waals surface area contributed by atoms with Crippen molar-refractivity contribution in [3.8, 4) is 0 Å². The lowest BCUT2D eigenvalue weighted by atomic mass is 9.91. The van der Waals surface area contributed by atoms with Crippen LogP contribution >= 0.6 is 0 Å². The van der Waals surface area contributed by atoms with Crippen molar-refractivity contribution >= 4 is 5.78 Å². The first-order chi connectivity index (χ1) is 5.65.